The van der Waals surface area contributed by atoms with E-state index in [1.54, 1.807) is 24.3 Å². The highest BCUT2D eigenvalue weighted by molar-refractivity contribution is 5.69. The quantitative estimate of drug-likeness (QED) is 0.872. The molecule has 0 atom stereocenters. The summed E-state index contributed by atoms with van der Waals surface area (Å²) in [5, 5.41) is 10.2. The zero-order chi connectivity index (χ0) is 13.2. The number of H-pyrrole nitrogens is 1. The highest BCUT2D eigenvalue weighted by Gasteiger charge is 2.22. The van der Waals surface area contributed by atoms with E-state index < -0.39 is 6.61 Å². The Morgan fingerprint density at radius 2 is 2.11 bits per heavy atom. The van der Waals surface area contributed by atoms with Gasteiger partial charge in [0, 0.05) is 17.7 Å². The number of aromatic nitrogens is 2. The molecule has 0 aliphatic heterocycles. The van der Waals surface area contributed by atoms with Gasteiger partial charge in [-0.15, -0.1) is 0 Å². The van der Waals surface area contributed by atoms with Crippen molar-refractivity contribution in [3.05, 3.63) is 30.3 Å². The monoisotopic (exact) mass is 265 g/mol. The summed E-state index contributed by atoms with van der Waals surface area (Å²) in [4.78, 5) is 0. The number of rotatable bonds is 5. The summed E-state index contributed by atoms with van der Waals surface area (Å²) in [6.07, 6.45) is 2.29. The van der Waals surface area contributed by atoms with Gasteiger partial charge in [0.25, 0.3) is 0 Å². The van der Waals surface area contributed by atoms with Crippen LogP contribution in [0.2, 0.25) is 0 Å². The average Bonchev–Trinajstić information content (AvgIpc) is 3.06. The van der Waals surface area contributed by atoms with Crippen LogP contribution in [0, 0.1) is 0 Å². The molecule has 1 aliphatic carbocycles. The molecule has 100 valence electrons. The maximum Gasteiger partial charge on any atom is 0.387 e. The molecule has 0 radical (unpaired) electrons. The van der Waals surface area contributed by atoms with Crippen LogP contribution < -0.4 is 10.1 Å². The van der Waals surface area contributed by atoms with E-state index >= 15 is 0 Å². The van der Waals surface area contributed by atoms with Gasteiger partial charge in [-0.2, -0.15) is 13.9 Å². The molecule has 0 bridgehead atoms. The number of nitrogens with one attached hydrogen (secondary N) is 2. The number of nitrogens with zero attached hydrogens (tertiary/aromatic N) is 1. The second-order valence-electron chi connectivity index (χ2n) is 4.46. The van der Waals surface area contributed by atoms with Crippen LogP contribution >= 0.6 is 0 Å². The Morgan fingerprint density at radius 1 is 1.32 bits per heavy atom. The van der Waals surface area contributed by atoms with Gasteiger partial charge >= 0.3 is 6.61 Å². The molecule has 0 unspecified atom stereocenters. The van der Waals surface area contributed by atoms with E-state index in [1.165, 1.54) is 6.07 Å². The molecule has 19 heavy (non-hydrogen) atoms. The Hall–Kier alpha value is -2.11. The minimum Gasteiger partial charge on any atom is -0.434 e. The van der Waals surface area contributed by atoms with Gasteiger partial charge in [-0.25, -0.2) is 0 Å². The molecule has 0 amide bonds. The van der Waals surface area contributed by atoms with E-state index in [9.17, 15) is 8.78 Å². The lowest BCUT2D eigenvalue weighted by molar-refractivity contribution is -0.0494. The van der Waals surface area contributed by atoms with E-state index in [1.807, 2.05) is 0 Å². The number of benzene rings is 1. The van der Waals surface area contributed by atoms with Crippen LogP contribution in [0.1, 0.15) is 12.8 Å². The fourth-order valence-corrected chi connectivity index (χ4v) is 1.86. The van der Waals surface area contributed by atoms with Crippen LogP contribution in [-0.2, 0) is 0 Å². The first-order chi connectivity index (χ1) is 9.22. The number of para-hydroxylation sites is 1. The van der Waals surface area contributed by atoms with Gasteiger partial charge in [-0.05, 0) is 25.0 Å². The third-order valence-corrected chi connectivity index (χ3v) is 2.90. The number of aromatic amines is 1. The third-order valence-electron chi connectivity index (χ3n) is 2.90. The molecule has 1 heterocycles. The fraction of sp³-hybridized carbons (Fsp3) is 0.308. The van der Waals surface area contributed by atoms with Gasteiger partial charge in [-0.3, -0.25) is 5.10 Å². The number of alkyl halides is 2. The van der Waals surface area contributed by atoms with Crippen molar-refractivity contribution >= 4 is 5.82 Å². The minimum atomic E-state index is -2.84. The standard InChI is InChI=1S/C13H13F2N3O/c14-13(15)19-11-4-2-1-3-9(11)10-7-12(18-17-10)16-8-5-6-8/h1-4,7-8,13H,5-6H2,(H2,16,17,18). The highest BCUT2D eigenvalue weighted by atomic mass is 19.3. The molecule has 2 N–H and O–H groups in total. The first-order valence-electron chi connectivity index (χ1n) is 6.08. The topological polar surface area (TPSA) is 49.9 Å². The largest absolute Gasteiger partial charge is 0.434 e. The molecule has 0 saturated heterocycles. The van der Waals surface area contributed by atoms with E-state index in [-0.39, 0.29) is 5.75 Å². The zero-order valence-electron chi connectivity index (χ0n) is 10.1. The predicted molar refractivity (Wildman–Crippen MR) is 67.3 cm³/mol. The lowest BCUT2D eigenvalue weighted by Crippen LogP contribution is -2.03. The second kappa shape index (κ2) is 4.87. The van der Waals surface area contributed by atoms with Crippen molar-refractivity contribution in [1.82, 2.24) is 10.2 Å². The predicted octanol–water partition coefficient (Wildman–Crippen LogP) is 3.25. The van der Waals surface area contributed by atoms with Crippen LogP contribution in [0.3, 0.4) is 0 Å². The van der Waals surface area contributed by atoms with E-state index in [2.05, 4.69) is 20.3 Å². The van der Waals surface area contributed by atoms with Crippen LogP contribution in [-0.4, -0.2) is 22.9 Å². The van der Waals surface area contributed by atoms with Crippen molar-refractivity contribution in [2.75, 3.05) is 5.32 Å². The molecule has 3 rings (SSSR count). The van der Waals surface area contributed by atoms with Gasteiger partial charge in [0.05, 0.1) is 5.69 Å². The van der Waals surface area contributed by atoms with Crippen molar-refractivity contribution in [2.24, 2.45) is 0 Å². The Bertz CT molecular complexity index is 567. The molecule has 4 nitrogen and oxygen atoms in total. The van der Waals surface area contributed by atoms with Crippen LogP contribution in [0.25, 0.3) is 11.3 Å². The van der Waals surface area contributed by atoms with E-state index in [0.29, 0.717) is 17.3 Å². The first-order valence-corrected chi connectivity index (χ1v) is 6.08. The molecule has 1 aromatic carbocycles. The first kappa shape index (κ1) is 12.0. The van der Waals surface area contributed by atoms with E-state index in [4.69, 9.17) is 0 Å². The maximum atomic E-state index is 12.3. The lowest BCUT2D eigenvalue weighted by atomic mass is 10.1. The summed E-state index contributed by atoms with van der Waals surface area (Å²) in [5.74, 6) is 0.864. The highest BCUT2D eigenvalue weighted by Crippen LogP contribution is 2.31. The number of hydrogen-bond acceptors (Lipinski definition) is 3. The maximum absolute atomic E-state index is 12.3. The number of halogens is 2. The van der Waals surface area contributed by atoms with Crippen molar-refractivity contribution in [3.63, 3.8) is 0 Å². The molecule has 1 fully saturated rings. The van der Waals surface area contributed by atoms with Gasteiger partial charge < -0.3 is 10.1 Å². The van der Waals surface area contributed by atoms with Crippen LogP contribution in [0.15, 0.2) is 30.3 Å². The number of anilines is 1. The molecule has 6 heteroatoms. The van der Waals surface area contributed by atoms with Crippen molar-refractivity contribution in [2.45, 2.75) is 25.5 Å². The summed E-state index contributed by atoms with van der Waals surface area (Å²) in [5.41, 5.74) is 1.22. The fourth-order valence-electron chi connectivity index (χ4n) is 1.86. The Kier molecular flexibility index (Phi) is 3.06. The van der Waals surface area contributed by atoms with Gasteiger partial charge in [-0.1, -0.05) is 12.1 Å². The normalized spacial score (nSPS) is 14.7. The molecular formula is C13H13F2N3O. The van der Waals surface area contributed by atoms with Gasteiger partial charge in [0.2, 0.25) is 0 Å². The lowest BCUT2D eigenvalue weighted by Gasteiger charge is -2.08. The third kappa shape index (κ3) is 2.83. The smallest absolute Gasteiger partial charge is 0.387 e. The number of hydrogen-bond donors (Lipinski definition) is 2. The SMILES string of the molecule is FC(F)Oc1ccccc1-c1cc(NC2CC2)n[nH]1. The summed E-state index contributed by atoms with van der Waals surface area (Å²) >= 11 is 0. The number of ether oxygens (including phenoxy) is 1. The van der Waals surface area contributed by atoms with Crippen LogP contribution in [0.5, 0.6) is 5.75 Å². The summed E-state index contributed by atoms with van der Waals surface area (Å²) < 4.78 is 29.2. The Balaban J connectivity index is 1.85. The average molecular weight is 265 g/mol. The summed E-state index contributed by atoms with van der Waals surface area (Å²) in [6, 6.07) is 8.93. The molecule has 1 saturated carbocycles. The van der Waals surface area contributed by atoms with Crippen LogP contribution in [0.4, 0.5) is 14.6 Å². The molecule has 1 aliphatic rings. The van der Waals surface area contributed by atoms with E-state index in [0.717, 1.165) is 18.7 Å². The molecule has 1 aromatic heterocycles. The minimum absolute atomic E-state index is 0.138. The zero-order valence-corrected chi connectivity index (χ0v) is 10.1. The summed E-state index contributed by atoms with van der Waals surface area (Å²) in [7, 11) is 0. The Morgan fingerprint density at radius 3 is 2.84 bits per heavy atom. The van der Waals surface area contributed by atoms with Crippen molar-refractivity contribution in [3.8, 4) is 17.0 Å². The second-order valence-corrected chi connectivity index (χ2v) is 4.46. The molecular weight excluding hydrogens is 252 g/mol. The van der Waals surface area contributed by atoms with Gasteiger partial charge in [0.15, 0.2) is 0 Å². The van der Waals surface area contributed by atoms with Crippen molar-refractivity contribution < 1.29 is 13.5 Å². The van der Waals surface area contributed by atoms with Gasteiger partial charge in [0.1, 0.15) is 11.6 Å². The molecule has 0 spiro atoms. The molecule has 2 aromatic rings. The Labute approximate surface area is 108 Å². The van der Waals surface area contributed by atoms with Crippen molar-refractivity contribution in [1.29, 1.82) is 0 Å². The summed E-state index contributed by atoms with van der Waals surface area (Å²) in [6.45, 7) is -2.84.